The van der Waals surface area contributed by atoms with E-state index in [1.807, 2.05) is 38.1 Å². The summed E-state index contributed by atoms with van der Waals surface area (Å²) in [6, 6.07) is 26.4. The summed E-state index contributed by atoms with van der Waals surface area (Å²) in [5, 5.41) is 36.4. The molecule has 2 N–H and O–H groups in total. The molecule has 8 heteroatoms. The number of phenols is 2. The summed E-state index contributed by atoms with van der Waals surface area (Å²) in [5.41, 5.74) is 7.17. The number of rotatable bonds is 6. The Morgan fingerprint density at radius 3 is 1.21 bits per heavy atom. The highest BCUT2D eigenvalue weighted by molar-refractivity contribution is 5.57. The number of benzene rings is 4. The normalized spacial score (nSPS) is 14.1. The average molecular weight is 507 g/mol. The van der Waals surface area contributed by atoms with E-state index in [2.05, 4.69) is 54.5 Å². The second-order valence-electron chi connectivity index (χ2n) is 9.35. The van der Waals surface area contributed by atoms with Crippen molar-refractivity contribution in [3.05, 3.63) is 96.1 Å². The van der Waals surface area contributed by atoms with Gasteiger partial charge in [0.05, 0.1) is 22.7 Å². The van der Waals surface area contributed by atoms with Gasteiger partial charge in [-0.05, 0) is 110 Å². The van der Waals surface area contributed by atoms with Crippen molar-refractivity contribution in [1.82, 2.24) is 0 Å². The van der Waals surface area contributed by atoms with Crippen LogP contribution < -0.4 is 9.80 Å². The zero-order valence-corrected chi connectivity index (χ0v) is 21.5. The standard InChI is InChI=1S/C30H30N6O2/c1-21-19-27(37)11-13-29(21)33-31-23-3-7-25(8-4-23)35-15-17-36(18-16-35)26-9-5-24(6-10-26)32-34-30-14-12-28(38)20-22(30)2/h3-14,19-20,37-38H,15-18H2,1-2H3. The molecular weight excluding hydrogens is 476 g/mol. The van der Waals surface area contributed by atoms with Crippen LogP contribution in [0.25, 0.3) is 0 Å². The van der Waals surface area contributed by atoms with Crippen LogP contribution >= 0.6 is 0 Å². The number of hydrogen-bond donors (Lipinski definition) is 2. The molecule has 1 saturated heterocycles. The number of anilines is 2. The van der Waals surface area contributed by atoms with E-state index in [0.29, 0.717) is 0 Å². The monoisotopic (exact) mass is 506 g/mol. The van der Waals surface area contributed by atoms with Crippen molar-refractivity contribution in [2.45, 2.75) is 13.8 Å². The molecule has 1 fully saturated rings. The van der Waals surface area contributed by atoms with Crippen LogP contribution in [0.1, 0.15) is 11.1 Å². The highest BCUT2D eigenvalue weighted by Gasteiger charge is 2.17. The zero-order chi connectivity index (χ0) is 26.5. The molecule has 4 aromatic carbocycles. The van der Waals surface area contributed by atoms with Gasteiger partial charge >= 0.3 is 0 Å². The molecule has 1 aliphatic rings. The fourth-order valence-electron chi connectivity index (χ4n) is 4.41. The van der Waals surface area contributed by atoms with E-state index in [-0.39, 0.29) is 11.5 Å². The molecule has 5 rings (SSSR count). The van der Waals surface area contributed by atoms with Crippen molar-refractivity contribution in [3.63, 3.8) is 0 Å². The SMILES string of the molecule is Cc1cc(O)ccc1N=Nc1ccc(N2CCN(c3ccc(N=Nc4ccc(O)cc4C)cc3)CC2)cc1. The second-order valence-corrected chi connectivity index (χ2v) is 9.35. The minimum atomic E-state index is 0.228. The Morgan fingerprint density at radius 1 is 0.500 bits per heavy atom. The summed E-state index contributed by atoms with van der Waals surface area (Å²) in [7, 11) is 0. The number of aryl methyl sites for hydroxylation is 2. The van der Waals surface area contributed by atoms with Crippen molar-refractivity contribution in [2.24, 2.45) is 20.5 Å². The van der Waals surface area contributed by atoms with Crippen molar-refractivity contribution >= 4 is 34.1 Å². The summed E-state index contributed by atoms with van der Waals surface area (Å²) in [4.78, 5) is 4.76. The van der Waals surface area contributed by atoms with Gasteiger partial charge in [0.15, 0.2) is 0 Å². The summed E-state index contributed by atoms with van der Waals surface area (Å²) in [6.45, 7) is 7.50. The second kappa shape index (κ2) is 11.1. The van der Waals surface area contributed by atoms with E-state index in [9.17, 15) is 10.2 Å². The lowest BCUT2D eigenvalue weighted by Gasteiger charge is -2.37. The molecule has 0 aromatic heterocycles. The van der Waals surface area contributed by atoms with Crippen LogP contribution in [0.5, 0.6) is 11.5 Å². The minimum Gasteiger partial charge on any atom is -0.508 e. The van der Waals surface area contributed by atoms with Gasteiger partial charge in [-0.25, -0.2) is 0 Å². The van der Waals surface area contributed by atoms with E-state index in [0.717, 1.165) is 60.1 Å². The third kappa shape index (κ3) is 5.98. The Labute approximate surface area is 222 Å². The number of piperazine rings is 1. The Morgan fingerprint density at radius 2 is 0.868 bits per heavy atom. The average Bonchev–Trinajstić information content (AvgIpc) is 2.93. The Kier molecular flexibility index (Phi) is 7.31. The molecule has 38 heavy (non-hydrogen) atoms. The van der Waals surface area contributed by atoms with E-state index >= 15 is 0 Å². The van der Waals surface area contributed by atoms with Crippen LogP contribution in [0.4, 0.5) is 34.1 Å². The van der Waals surface area contributed by atoms with Gasteiger partial charge in [-0.3, -0.25) is 0 Å². The lowest BCUT2D eigenvalue weighted by Crippen LogP contribution is -2.46. The number of aromatic hydroxyl groups is 2. The predicted molar refractivity (Wildman–Crippen MR) is 151 cm³/mol. The van der Waals surface area contributed by atoms with E-state index in [1.165, 1.54) is 11.4 Å². The smallest absolute Gasteiger partial charge is 0.115 e. The fourth-order valence-corrected chi connectivity index (χ4v) is 4.41. The molecule has 192 valence electrons. The van der Waals surface area contributed by atoms with Gasteiger partial charge in [-0.2, -0.15) is 20.5 Å². The van der Waals surface area contributed by atoms with Crippen LogP contribution in [-0.4, -0.2) is 36.4 Å². The van der Waals surface area contributed by atoms with Crippen molar-refractivity contribution < 1.29 is 10.2 Å². The third-order valence-electron chi connectivity index (χ3n) is 6.62. The molecule has 4 aromatic rings. The first-order valence-corrected chi connectivity index (χ1v) is 12.6. The maximum absolute atomic E-state index is 9.55. The molecule has 0 amide bonds. The van der Waals surface area contributed by atoms with Crippen molar-refractivity contribution in [3.8, 4) is 11.5 Å². The number of hydrogen-bond acceptors (Lipinski definition) is 8. The number of azo groups is 2. The third-order valence-corrected chi connectivity index (χ3v) is 6.62. The van der Waals surface area contributed by atoms with Gasteiger partial charge in [0.1, 0.15) is 11.5 Å². The van der Waals surface area contributed by atoms with Gasteiger partial charge in [0, 0.05) is 37.6 Å². The number of phenolic OH excluding ortho intramolecular Hbond substituents is 2. The summed E-state index contributed by atoms with van der Waals surface area (Å²) in [5.74, 6) is 0.456. The molecule has 0 radical (unpaired) electrons. The van der Waals surface area contributed by atoms with Crippen molar-refractivity contribution in [1.29, 1.82) is 0 Å². The summed E-state index contributed by atoms with van der Waals surface area (Å²) in [6.07, 6.45) is 0. The molecular formula is C30H30N6O2. The number of nitrogens with zero attached hydrogens (tertiary/aromatic N) is 6. The van der Waals surface area contributed by atoms with E-state index < -0.39 is 0 Å². The fraction of sp³-hybridized carbons (Fsp3) is 0.200. The van der Waals surface area contributed by atoms with Crippen LogP contribution in [0.2, 0.25) is 0 Å². The molecule has 0 unspecified atom stereocenters. The van der Waals surface area contributed by atoms with Crippen LogP contribution in [0.15, 0.2) is 105 Å². The first-order valence-electron chi connectivity index (χ1n) is 12.6. The molecule has 1 heterocycles. The largest absolute Gasteiger partial charge is 0.508 e. The predicted octanol–water partition coefficient (Wildman–Crippen LogP) is 7.87. The minimum absolute atomic E-state index is 0.228. The molecule has 1 aliphatic heterocycles. The highest BCUT2D eigenvalue weighted by Crippen LogP contribution is 2.29. The maximum Gasteiger partial charge on any atom is 0.115 e. The van der Waals surface area contributed by atoms with Crippen LogP contribution in [0, 0.1) is 13.8 Å². The van der Waals surface area contributed by atoms with Gasteiger partial charge in [-0.15, -0.1) is 0 Å². The highest BCUT2D eigenvalue weighted by atomic mass is 16.3. The maximum atomic E-state index is 9.55. The Balaban J connectivity index is 1.15. The first-order chi connectivity index (χ1) is 18.4. The Hall–Kier alpha value is -4.72. The first kappa shape index (κ1) is 25.0. The Bertz CT molecular complexity index is 1340. The van der Waals surface area contributed by atoms with E-state index in [4.69, 9.17) is 0 Å². The van der Waals surface area contributed by atoms with E-state index in [1.54, 1.807) is 36.4 Å². The summed E-state index contributed by atoms with van der Waals surface area (Å²) < 4.78 is 0. The zero-order valence-electron chi connectivity index (χ0n) is 21.5. The van der Waals surface area contributed by atoms with Gasteiger partial charge in [-0.1, -0.05) is 0 Å². The van der Waals surface area contributed by atoms with Gasteiger partial charge in [0.25, 0.3) is 0 Å². The van der Waals surface area contributed by atoms with Crippen LogP contribution in [0.3, 0.4) is 0 Å². The van der Waals surface area contributed by atoms with Crippen molar-refractivity contribution in [2.75, 3.05) is 36.0 Å². The van der Waals surface area contributed by atoms with Crippen LogP contribution in [-0.2, 0) is 0 Å². The molecule has 0 saturated carbocycles. The van der Waals surface area contributed by atoms with Gasteiger partial charge < -0.3 is 20.0 Å². The molecule has 0 atom stereocenters. The lowest BCUT2D eigenvalue weighted by atomic mass is 10.2. The molecule has 8 nitrogen and oxygen atoms in total. The topological polar surface area (TPSA) is 96.4 Å². The lowest BCUT2D eigenvalue weighted by molar-refractivity contribution is 0.474. The molecule has 0 bridgehead atoms. The quantitative estimate of drug-likeness (QED) is 0.260. The molecule has 0 spiro atoms. The summed E-state index contributed by atoms with van der Waals surface area (Å²) >= 11 is 0. The molecule has 0 aliphatic carbocycles. The van der Waals surface area contributed by atoms with Gasteiger partial charge in [0.2, 0.25) is 0 Å².